The van der Waals surface area contributed by atoms with Crippen molar-refractivity contribution in [1.82, 2.24) is 0 Å². The molecular weight excluding hydrogens is 442 g/mol. The summed E-state index contributed by atoms with van der Waals surface area (Å²) in [6.07, 6.45) is 1.70. The highest BCUT2D eigenvalue weighted by molar-refractivity contribution is 7.19. The van der Waals surface area contributed by atoms with E-state index in [1.807, 2.05) is 103 Å². The molecule has 1 amide bonds. The average Bonchev–Trinajstić information content (AvgIpc) is 3.52. The van der Waals surface area contributed by atoms with Crippen LogP contribution in [0.2, 0.25) is 0 Å². The molecule has 0 N–H and O–H groups in total. The maximum atomic E-state index is 13.5. The van der Waals surface area contributed by atoms with Crippen LogP contribution in [0.1, 0.15) is 16.5 Å². The molecule has 4 nitrogen and oxygen atoms in total. The average molecular weight is 462 g/mol. The number of thiophene rings is 1. The zero-order valence-electron chi connectivity index (χ0n) is 18.0. The summed E-state index contributed by atoms with van der Waals surface area (Å²) in [5.41, 5.74) is 3.43. The molecule has 0 radical (unpaired) electrons. The topological polar surface area (TPSA) is 50.5 Å². The molecule has 3 aromatic carbocycles. The zero-order chi connectivity index (χ0) is 23.1. The molecule has 1 saturated heterocycles. The van der Waals surface area contributed by atoms with Crippen LogP contribution in [-0.4, -0.2) is 11.7 Å². The third-order valence-corrected chi connectivity index (χ3v) is 6.95. The van der Waals surface area contributed by atoms with Crippen molar-refractivity contribution in [3.63, 3.8) is 0 Å². The van der Waals surface area contributed by atoms with Gasteiger partial charge in [-0.1, -0.05) is 78.9 Å². The molecule has 1 unspecified atom stereocenters. The number of rotatable bonds is 4. The number of carbonyl (C=O) groups is 2. The molecule has 3 heterocycles. The molecule has 164 valence electrons. The van der Waals surface area contributed by atoms with E-state index in [0.29, 0.717) is 5.69 Å². The number of hydrogen-bond acceptors (Lipinski definition) is 4. The number of furan rings is 1. The van der Waals surface area contributed by atoms with Crippen LogP contribution in [0.4, 0.5) is 5.69 Å². The van der Waals surface area contributed by atoms with Crippen molar-refractivity contribution in [2.75, 3.05) is 4.90 Å². The normalized spacial score (nSPS) is 17.2. The number of ketones is 1. The van der Waals surface area contributed by atoms with E-state index >= 15 is 0 Å². The van der Waals surface area contributed by atoms with Gasteiger partial charge in [0, 0.05) is 22.2 Å². The van der Waals surface area contributed by atoms with Crippen molar-refractivity contribution in [2.24, 2.45) is 0 Å². The molecule has 1 fully saturated rings. The van der Waals surface area contributed by atoms with Gasteiger partial charge in [0.25, 0.3) is 5.91 Å². The van der Waals surface area contributed by atoms with Crippen LogP contribution >= 0.6 is 11.3 Å². The maximum absolute atomic E-state index is 13.5. The molecule has 34 heavy (non-hydrogen) atoms. The maximum Gasteiger partial charge on any atom is 0.262 e. The van der Waals surface area contributed by atoms with Crippen LogP contribution in [0.25, 0.3) is 27.7 Å². The fourth-order valence-corrected chi connectivity index (χ4v) is 5.32. The van der Waals surface area contributed by atoms with Gasteiger partial charge in [-0.15, -0.1) is 11.3 Å². The minimum absolute atomic E-state index is 0.185. The summed E-state index contributed by atoms with van der Waals surface area (Å²) in [5.74, 6) is 0.309. The van der Waals surface area contributed by atoms with E-state index in [9.17, 15) is 9.59 Å². The van der Waals surface area contributed by atoms with Gasteiger partial charge in [-0.05, 0) is 29.8 Å². The van der Waals surface area contributed by atoms with E-state index in [0.717, 1.165) is 32.0 Å². The molecule has 5 heteroatoms. The molecule has 0 bridgehead atoms. The Morgan fingerprint density at radius 3 is 2.12 bits per heavy atom. The second-order valence-electron chi connectivity index (χ2n) is 8.10. The number of amides is 1. The number of nitrogens with zero attached hydrogens (tertiary/aromatic N) is 1. The smallest absolute Gasteiger partial charge is 0.262 e. The van der Waals surface area contributed by atoms with Crippen molar-refractivity contribution in [1.29, 1.82) is 0 Å². The summed E-state index contributed by atoms with van der Waals surface area (Å²) < 4.78 is 7.01. The number of Topliss-reactive ketones (excluding diaryl/α,β-unsaturated/α-hetero) is 1. The molecule has 6 rings (SSSR count). The minimum Gasteiger partial charge on any atom is -0.455 e. The summed E-state index contributed by atoms with van der Waals surface area (Å²) >= 11 is 1.50. The highest BCUT2D eigenvalue weighted by Gasteiger charge is 2.44. The Balaban J connectivity index is 1.40. The Hall–Kier alpha value is -4.22. The lowest BCUT2D eigenvalue weighted by Crippen LogP contribution is -2.28. The Bertz CT molecular complexity index is 1440. The number of hydrogen-bond donors (Lipinski definition) is 0. The largest absolute Gasteiger partial charge is 0.455 e. The minimum atomic E-state index is -0.685. The van der Waals surface area contributed by atoms with Gasteiger partial charge in [-0.3, -0.25) is 14.5 Å². The lowest BCUT2D eigenvalue weighted by molar-refractivity contribution is -0.116. The highest BCUT2D eigenvalue weighted by Crippen LogP contribution is 2.40. The molecule has 5 aromatic rings. The first-order chi connectivity index (χ1) is 16.7. The second-order valence-corrected chi connectivity index (χ2v) is 9.22. The molecule has 0 spiro atoms. The molecule has 0 saturated carbocycles. The Kier molecular flexibility index (Phi) is 4.97. The predicted molar refractivity (Wildman–Crippen MR) is 136 cm³/mol. The van der Waals surface area contributed by atoms with Gasteiger partial charge in [0.15, 0.2) is 5.78 Å². The SMILES string of the molecule is O=C1/C(=C/c2cc3oc(-c4ccccc4)cc3s2)C(=O)N(c2ccccc2)C1c1ccccc1. The Labute approximate surface area is 200 Å². The fourth-order valence-electron chi connectivity index (χ4n) is 4.35. The van der Waals surface area contributed by atoms with Crippen molar-refractivity contribution >= 4 is 45.1 Å². The zero-order valence-corrected chi connectivity index (χ0v) is 18.9. The lowest BCUT2D eigenvalue weighted by Gasteiger charge is -2.23. The third kappa shape index (κ3) is 3.47. The first-order valence-electron chi connectivity index (χ1n) is 11.0. The first-order valence-corrected chi connectivity index (χ1v) is 11.8. The van der Waals surface area contributed by atoms with E-state index in [-0.39, 0.29) is 17.3 Å². The van der Waals surface area contributed by atoms with Gasteiger partial charge >= 0.3 is 0 Å². The van der Waals surface area contributed by atoms with Crippen molar-refractivity contribution in [3.05, 3.63) is 119 Å². The highest BCUT2D eigenvalue weighted by atomic mass is 32.1. The van der Waals surface area contributed by atoms with E-state index in [1.165, 1.54) is 11.3 Å². The van der Waals surface area contributed by atoms with Gasteiger partial charge in [-0.2, -0.15) is 0 Å². The Morgan fingerprint density at radius 1 is 0.794 bits per heavy atom. The van der Waals surface area contributed by atoms with Gasteiger partial charge < -0.3 is 4.42 Å². The lowest BCUT2D eigenvalue weighted by atomic mass is 10.0. The summed E-state index contributed by atoms with van der Waals surface area (Å²) in [4.78, 5) is 29.5. The van der Waals surface area contributed by atoms with Gasteiger partial charge in [0.05, 0.1) is 10.3 Å². The van der Waals surface area contributed by atoms with Crippen LogP contribution in [0.5, 0.6) is 0 Å². The number of fused-ring (bicyclic) bond motifs is 1. The van der Waals surface area contributed by atoms with Gasteiger partial charge in [0.1, 0.15) is 17.4 Å². The summed E-state index contributed by atoms with van der Waals surface area (Å²) in [7, 11) is 0. The number of anilines is 1. The van der Waals surface area contributed by atoms with Crippen LogP contribution < -0.4 is 4.90 Å². The second kappa shape index (κ2) is 8.28. The third-order valence-electron chi connectivity index (χ3n) is 5.94. The summed E-state index contributed by atoms with van der Waals surface area (Å²) in [5, 5.41) is 0. The van der Waals surface area contributed by atoms with E-state index in [4.69, 9.17) is 4.42 Å². The fraction of sp³-hybridized carbons (Fsp3) is 0.0345. The summed E-state index contributed by atoms with van der Waals surface area (Å²) in [6.45, 7) is 0. The van der Waals surface area contributed by atoms with Crippen LogP contribution in [0.3, 0.4) is 0 Å². The number of para-hydroxylation sites is 1. The van der Waals surface area contributed by atoms with Crippen molar-refractivity contribution in [2.45, 2.75) is 6.04 Å². The van der Waals surface area contributed by atoms with E-state index < -0.39 is 6.04 Å². The van der Waals surface area contributed by atoms with E-state index in [1.54, 1.807) is 11.0 Å². The van der Waals surface area contributed by atoms with Crippen LogP contribution in [-0.2, 0) is 9.59 Å². The Morgan fingerprint density at radius 2 is 1.44 bits per heavy atom. The summed E-state index contributed by atoms with van der Waals surface area (Å²) in [6, 6.07) is 31.9. The van der Waals surface area contributed by atoms with Gasteiger partial charge in [-0.25, -0.2) is 0 Å². The first kappa shape index (κ1) is 20.4. The molecule has 1 atom stereocenters. The number of carbonyl (C=O) groups excluding carboxylic acids is 2. The molecule has 2 aromatic heterocycles. The van der Waals surface area contributed by atoms with Crippen molar-refractivity contribution in [3.8, 4) is 11.3 Å². The standard InChI is InChI=1S/C29H19NO3S/c31-28-23(16-22-17-25-26(34-22)18-24(33-25)19-10-4-1-5-11-19)29(32)30(21-14-8-3-9-15-21)27(28)20-12-6-2-7-13-20/h1-18,27H/b23-16-. The quantitative estimate of drug-likeness (QED) is 0.216. The molecule has 0 aliphatic carbocycles. The van der Waals surface area contributed by atoms with Gasteiger partial charge in [0.2, 0.25) is 0 Å². The van der Waals surface area contributed by atoms with Crippen LogP contribution in [0, 0.1) is 0 Å². The van der Waals surface area contributed by atoms with E-state index in [2.05, 4.69) is 0 Å². The molecule has 1 aliphatic heterocycles. The van der Waals surface area contributed by atoms with Crippen molar-refractivity contribution < 1.29 is 14.0 Å². The molecular formula is C29H19NO3S. The monoisotopic (exact) mass is 461 g/mol. The predicted octanol–water partition coefficient (Wildman–Crippen LogP) is 6.90. The molecule has 1 aliphatic rings. The number of benzene rings is 3. The van der Waals surface area contributed by atoms with Crippen LogP contribution in [0.15, 0.2) is 113 Å².